The van der Waals surface area contributed by atoms with Gasteiger partial charge in [0, 0.05) is 23.2 Å². The molecular formula is C17H18ClNO. The summed E-state index contributed by atoms with van der Waals surface area (Å²) in [5.41, 5.74) is 3.51. The van der Waals surface area contributed by atoms with Gasteiger partial charge >= 0.3 is 0 Å². The van der Waals surface area contributed by atoms with Crippen molar-refractivity contribution in [2.75, 3.05) is 7.11 Å². The molecule has 104 valence electrons. The van der Waals surface area contributed by atoms with Crippen LogP contribution in [0, 0.1) is 0 Å². The van der Waals surface area contributed by atoms with Crippen LogP contribution in [0.5, 0.6) is 5.75 Å². The zero-order valence-electron chi connectivity index (χ0n) is 11.5. The lowest BCUT2D eigenvalue weighted by molar-refractivity contribution is 0.416. The lowest BCUT2D eigenvalue weighted by Crippen LogP contribution is -2.15. The molecule has 20 heavy (non-hydrogen) atoms. The van der Waals surface area contributed by atoms with Gasteiger partial charge in [0.2, 0.25) is 0 Å². The normalized spacial score (nSPS) is 14.3. The van der Waals surface area contributed by atoms with Gasteiger partial charge in [0.15, 0.2) is 0 Å². The van der Waals surface area contributed by atoms with E-state index in [2.05, 4.69) is 29.6 Å². The number of halogens is 1. The molecule has 1 fully saturated rings. The second kappa shape index (κ2) is 5.86. The molecule has 0 amide bonds. The predicted molar refractivity (Wildman–Crippen MR) is 83.3 cm³/mol. The van der Waals surface area contributed by atoms with E-state index in [0.717, 1.165) is 22.9 Å². The number of nitrogens with one attached hydrogen (secondary N) is 1. The molecule has 2 aromatic rings. The molecule has 0 aromatic heterocycles. The lowest BCUT2D eigenvalue weighted by Gasteiger charge is -2.14. The number of hydrogen-bond acceptors (Lipinski definition) is 2. The van der Waals surface area contributed by atoms with E-state index in [-0.39, 0.29) is 0 Å². The van der Waals surface area contributed by atoms with Gasteiger partial charge in [0.05, 0.1) is 7.11 Å². The summed E-state index contributed by atoms with van der Waals surface area (Å²) in [7, 11) is 1.69. The monoisotopic (exact) mass is 287 g/mol. The molecule has 0 spiro atoms. The summed E-state index contributed by atoms with van der Waals surface area (Å²) in [5.74, 6) is 0.855. The van der Waals surface area contributed by atoms with Crippen LogP contribution in [0.2, 0.25) is 5.02 Å². The van der Waals surface area contributed by atoms with Crippen molar-refractivity contribution >= 4 is 11.6 Å². The molecule has 0 saturated heterocycles. The minimum Gasteiger partial charge on any atom is -0.496 e. The van der Waals surface area contributed by atoms with Crippen LogP contribution in [-0.4, -0.2) is 13.2 Å². The molecule has 3 rings (SSSR count). The van der Waals surface area contributed by atoms with Gasteiger partial charge < -0.3 is 10.1 Å². The van der Waals surface area contributed by atoms with Crippen molar-refractivity contribution in [2.24, 2.45) is 0 Å². The van der Waals surface area contributed by atoms with Crippen molar-refractivity contribution in [3.63, 3.8) is 0 Å². The summed E-state index contributed by atoms with van der Waals surface area (Å²) in [6.07, 6.45) is 2.59. The van der Waals surface area contributed by atoms with Crippen LogP contribution in [0.4, 0.5) is 0 Å². The Hall–Kier alpha value is -1.51. The molecule has 0 radical (unpaired) electrons. The van der Waals surface area contributed by atoms with Crippen molar-refractivity contribution in [3.8, 4) is 16.9 Å². The Morgan fingerprint density at radius 2 is 1.95 bits per heavy atom. The molecule has 0 aliphatic heterocycles. The van der Waals surface area contributed by atoms with Crippen LogP contribution in [0.3, 0.4) is 0 Å². The number of methoxy groups -OCH3 is 1. The third-order valence-corrected chi connectivity index (χ3v) is 3.86. The van der Waals surface area contributed by atoms with Crippen LogP contribution in [-0.2, 0) is 6.54 Å². The van der Waals surface area contributed by atoms with E-state index in [9.17, 15) is 0 Å². The zero-order chi connectivity index (χ0) is 13.9. The molecular weight excluding hydrogens is 270 g/mol. The fourth-order valence-electron chi connectivity index (χ4n) is 2.37. The highest BCUT2D eigenvalue weighted by atomic mass is 35.5. The molecule has 3 heteroatoms. The van der Waals surface area contributed by atoms with Crippen molar-refractivity contribution in [3.05, 3.63) is 53.1 Å². The Morgan fingerprint density at radius 1 is 1.15 bits per heavy atom. The maximum Gasteiger partial charge on any atom is 0.126 e. The summed E-state index contributed by atoms with van der Waals surface area (Å²) >= 11 is 6.14. The number of ether oxygens (including phenoxy) is 1. The molecule has 0 atom stereocenters. The van der Waals surface area contributed by atoms with Crippen molar-refractivity contribution in [1.29, 1.82) is 0 Å². The van der Waals surface area contributed by atoms with E-state index < -0.39 is 0 Å². The smallest absolute Gasteiger partial charge is 0.126 e. The highest BCUT2D eigenvalue weighted by Crippen LogP contribution is 2.34. The Kier molecular flexibility index (Phi) is 3.95. The van der Waals surface area contributed by atoms with Crippen molar-refractivity contribution < 1.29 is 4.74 Å². The average Bonchev–Trinajstić information content (AvgIpc) is 3.29. The average molecular weight is 288 g/mol. The molecule has 2 aromatic carbocycles. The molecule has 2 nitrogen and oxygen atoms in total. The van der Waals surface area contributed by atoms with Crippen molar-refractivity contribution in [2.45, 2.75) is 25.4 Å². The Labute approximate surface area is 124 Å². The molecule has 1 N–H and O–H groups in total. The largest absolute Gasteiger partial charge is 0.496 e. The van der Waals surface area contributed by atoms with Gasteiger partial charge in [-0.2, -0.15) is 0 Å². The Balaban J connectivity index is 1.97. The fourth-order valence-corrected chi connectivity index (χ4v) is 2.54. The quantitative estimate of drug-likeness (QED) is 0.887. The van der Waals surface area contributed by atoms with Crippen molar-refractivity contribution in [1.82, 2.24) is 5.32 Å². The first-order valence-corrected chi connectivity index (χ1v) is 7.31. The maximum atomic E-state index is 6.14. The van der Waals surface area contributed by atoms with Crippen LogP contribution in [0.25, 0.3) is 11.1 Å². The lowest BCUT2D eigenvalue weighted by atomic mass is 9.98. The summed E-state index contributed by atoms with van der Waals surface area (Å²) in [6, 6.07) is 14.8. The van der Waals surface area contributed by atoms with Crippen LogP contribution >= 0.6 is 11.6 Å². The number of rotatable bonds is 5. The highest BCUT2D eigenvalue weighted by molar-refractivity contribution is 6.31. The Morgan fingerprint density at radius 3 is 2.70 bits per heavy atom. The zero-order valence-corrected chi connectivity index (χ0v) is 12.3. The van der Waals surface area contributed by atoms with Gasteiger partial charge in [0.25, 0.3) is 0 Å². The van der Waals surface area contributed by atoms with Crippen LogP contribution in [0.15, 0.2) is 42.5 Å². The van der Waals surface area contributed by atoms with Gasteiger partial charge in [-0.05, 0) is 42.2 Å². The van der Waals surface area contributed by atoms with E-state index in [1.54, 1.807) is 7.11 Å². The first-order valence-electron chi connectivity index (χ1n) is 6.93. The first-order chi connectivity index (χ1) is 9.78. The molecule has 0 bridgehead atoms. The van der Waals surface area contributed by atoms with E-state index >= 15 is 0 Å². The topological polar surface area (TPSA) is 21.3 Å². The SMILES string of the molecule is COc1ccc(Cl)cc1-c1ccccc1CNC1CC1. The van der Waals surface area contributed by atoms with Crippen LogP contribution in [0.1, 0.15) is 18.4 Å². The number of benzene rings is 2. The van der Waals surface area contributed by atoms with Crippen LogP contribution < -0.4 is 10.1 Å². The van der Waals surface area contributed by atoms with E-state index in [1.165, 1.54) is 24.0 Å². The Bertz CT molecular complexity index is 608. The first kappa shape index (κ1) is 13.5. The standard InChI is InChI=1S/C17H18ClNO/c1-20-17-9-6-13(18)10-16(17)15-5-3-2-4-12(15)11-19-14-7-8-14/h2-6,9-10,14,19H,7-8,11H2,1H3. The summed E-state index contributed by atoms with van der Waals surface area (Å²) in [6.45, 7) is 0.885. The van der Waals surface area contributed by atoms with E-state index in [0.29, 0.717) is 6.04 Å². The summed E-state index contributed by atoms with van der Waals surface area (Å²) in [4.78, 5) is 0. The predicted octanol–water partition coefficient (Wildman–Crippen LogP) is 4.27. The second-order valence-electron chi connectivity index (χ2n) is 5.16. The van der Waals surface area contributed by atoms with Gasteiger partial charge in [-0.3, -0.25) is 0 Å². The maximum absolute atomic E-state index is 6.14. The van der Waals surface area contributed by atoms with Gasteiger partial charge in [-0.1, -0.05) is 35.9 Å². The minimum atomic E-state index is 0.698. The molecule has 1 aliphatic rings. The van der Waals surface area contributed by atoms with Gasteiger partial charge in [-0.25, -0.2) is 0 Å². The summed E-state index contributed by atoms with van der Waals surface area (Å²) < 4.78 is 5.47. The van der Waals surface area contributed by atoms with E-state index in [4.69, 9.17) is 16.3 Å². The highest BCUT2D eigenvalue weighted by Gasteiger charge is 2.20. The molecule has 1 saturated carbocycles. The third kappa shape index (κ3) is 2.97. The molecule has 0 heterocycles. The third-order valence-electron chi connectivity index (χ3n) is 3.63. The van der Waals surface area contributed by atoms with E-state index in [1.807, 2.05) is 18.2 Å². The second-order valence-corrected chi connectivity index (χ2v) is 5.59. The molecule has 0 unspecified atom stereocenters. The fraction of sp³-hybridized carbons (Fsp3) is 0.294. The van der Waals surface area contributed by atoms with Gasteiger partial charge in [0.1, 0.15) is 5.75 Å². The minimum absolute atomic E-state index is 0.698. The summed E-state index contributed by atoms with van der Waals surface area (Å²) in [5, 5.41) is 4.29. The number of hydrogen-bond donors (Lipinski definition) is 1. The molecule has 1 aliphatic carbocycles. The van der Waals surface area contributed by atoms with Gasteiger partial charge in [-0.15, -0.1) is 0 Å².